The van der Waals surface area contributed by atoms with Gasteiger partial charge in [0.2, 0.25) is 5.89 Å². The molecule has 0 fully saturated rings. The molecule has 0 radical (unpaired) electrons. The molecule has 0 saturated carbocycles. The molecule has 35 heavy (non-hydrogen) atoms. The molecule has 0 spiro atoms. The Bertz CT molecular complexity index is 1190. The van der Waals surface area contributed by atoms with E-state index in [0.717, 1.165) is 28.1 Å². The predicted octanol–water partition coefficient (Wildman–Crippen LogP) is 6.15. The highest BCUT2D eigenvalue weighted by atomic mass is 32.2. The summed E-state index contributed by atoms with van der Waals surface area (Å²) in [5, 5.41) is 6.56. The molecule has 188 valence electrons. The van der Waals surface area contributed by atoms with Gasteiger partial charge >= 0.3 is 18.1 Å². The molecule has 0 aliphatic heterocycles. The second kappa shape index (κ2) is 11.1. The molecular weight excluding hydrogens is 477 g/mol. The van der Waals surface area contributed by atoms with Gasteiger partial charge in [-0.2, -0.15) is 23.7 Å². The lowest BCUT2D eigenvalue weighted by atomic mass is 10.1. The molecule has 0 aliphatic rings. The summed E-state index contributed by atoms with van der Waals surface area (Å²) in [5.41, 5.74) is 4.05. The van der Waals surface area contributed by atoms with Crippen LogP contribution in [0.1, 0.15) is 29.5 Å². The van der Waals surface area contributed by atoms with E-state index in [0.29, 0.717) is 25.2 Å². The van der Waals surface area contributed by atoms with Gasteiger partial charge in [0.15, 0.2) is 0 Å². The van der Waals surface area contributed by atoms with Crippen LogP contribution in [0.4, 0.5) is 23.7 Å². The molecule has 0 aliphatic carbocycles. The number of hydrogen-bond acceptors (Lipinski definition) is 4. The molecule has 2 aromatic carbocycles. The highest BCUT2D eigenvalue weighted by molar-refractivity contribution is 8.13. The van der Waals surface area contributed by atoms with E-state index < -0.39 is 12.1 Å². The number of rotatable bonds is 8. The maximum Gasteiger partial charge on any atom is 0.470 e. The van der Waals surface area contributed by atoms with Crippen molar-refractivity contribution in [2.75, 3.05) is 30.0 Å². The van der Waals surface area contributed by atoms with Gasteiger partial charge in [0.05, 0.1) is 6.54 Å². The highest BCUT2D eigenvalue weighted by Crippen LogP contribution is 2.31. The van der Waals surface area contributed by atoms with Crippen molar-refractivity contribution in [1.29, 1.82) is 0 Å². The lowest BCUT2D eigenvalue weighted by molar-refractivity contribution is -0.156. The van der Waals surface area contributed by atoms with Gasteiger partial charge in [0, 0.05) is 30.1 Å². The third-order valence-electron chi connectivity index (χ3n) is 5.44. The van der Waals surface area contributed by atoms with Crippen LogP contribution in [-0.4, -0.2) is 52.1 Å². The van der Waals surface area contributed by atoms with Gasteiger partial charge in [-0.05, 0) is 56.4 Å². The van der Waals surface area contributed by atoms with Crippen LogP contribution < -0.4 is 4.90 Å². The summed E-state index contributed by atoms with van der Waals surface area (Å²) in [4.78, 5) is 17.1. The van der Waals surface area contributed by atoms with Crippen molar-refractivity contribution in [3.8, 4) is 11.5 Å². The summed E-state index contributed by atoms with van der Waals surface area (Å²) < 4.78 is 43.1. The Kier molecular flexibility index (Phi) is 8.37. The van der Waals surface area contributed by atoms with Gasteiger partial charge in [0.25, 0.3) is 0 Å². The largest absolute Gasteiger partial charge is 0.470 e. The molecule has 3 rings (SSSR count). The molecule has 0 saturated heterocycles. The number of hydrogen-bond donors (Lipinski definition) is 0. The number of aryl methyl sites for hydroxylation is 2. The molecule has 3 aromatic rings. The Morgan fingerprint density at radius 1 is 1.11 bits per heavy atom. The SMILES string of the molecule is C=S(C)CCN(CC)C(=O)N(Cc1ccc(-c2nnc(C(F)(F)F)o2)cc1)c1ccc(C)cc1C. The lowest BCUT2D eigenvalue weighted by Gasteiger charge is -2.31. The highest BCUT2D eigenvalue weighted by Gasteiger charge is 2.38. The molecule has 1 aromatic heterocycles. The van der Waals surface area contributed by atoms with Gasteiger partial charge in [-0.15, -0.1) is 10.2 Å². The maximum atomic E-state index is 13.6. The van der Waals surface area contributed by atoms with E-state index in [9.17, 15) is 18.0 Å². The molecular formula is C25H29F3N4O2S. The van der Waals surface area contributed by atoms with Gasteiger partial charge in [0.1, 0.15) is 0 Å². The number of amides is 2. The Labute approximate surface area is 205 Å². The molecule has 0 N–H and O–H groups in total. The van der Waals surface area contributed by atoms with Crippen molar-refractivity contribution in [2.45, 2.75) is 33.5 Å². The van der Waals surface area contributed by atoms with Crippen molar-refractivity contribution in [1.82, 2.24) is 15.1 Å². The average molecular weight is 507 g/mol. The first-order chi connectivity index (χ1) is 16.5. The van der Waals surface area contributed by atoms with Crippen molar-refractivity contribution >= 4 is 28.1 Å². The summed E-state index contributed by atoms with van der Waals surface area (Å²) in [5.74, 6) is 3.26. The van der Waals surface area contributed by atoms with Crippen molar-refractivity contribution in [2.24, 2.45) is 0 Å². The van der Waals surface area contributed by atoms with E-state index in [-0.39, 0.29) is 22.4 Å². The van der Waals surface area contributed by atoms with Crippen molar-refractivity contribution in [3.05, 3.63) is 65.0 Å². The Morgan fingerprint density at radius 3 is 2.34 bits per heavy atom. The van der Waals surface area contributed by atoms with Crippen LogP contribution in [0.2, 0.25) is 0 Å². The summed E-state index contributed by atoms with van der Waals surface area (Å²) in [6, 6.07) is 12.5. The topological polar surface area (TPSA) is 62.5 Å². The Hall–Kier alpha value is -3.14. The number of halogens is 3. The van der Waals surface area contributed by atoms with Crippen LogP contribution in [0.25, 0.3) is 11.5 Å². The van der Waals surface area contributed by atoms with Gasteiger partial charge in [-0.25, -0.2) is 4.79 Å². The fourth-order valence-corrected chi connectivity index (χ4v) is 4.11. The fourth-order valence-electron chi connectivity index (χ4n) is 3.58. The molecule has 1 atom stereocenters. The second-order valence-corrected chi connectivity index (χ2v) is 10.3. The van der Waals surface area contributed by atoms with E-state index in [1.165, 1.54) is 0 Å². The molecule has 10 heteroatoms. The third-order valence-corrected chi connectivity index (χ3v) is 6.32. The monoisotopic (exact) mass is 506 g/mol. The molecule has 1 unspecified atom stereocenters. The van der Waals surface area contributed by atoms with E-state index in [1.807, 2.05) is 45.2 Å². The molecule has 0 bridgehead atoms. The fraction of sp³-hybridized carbons (Fsp3) is 0.360. The normalized spacial score (nSPS) is 12.4. The number of carbonyl (C=O) groups is 1. The number of aromatic nitrogens is 2. The zero-order valence-corrected chi connectivity index (χ0v) is 21.0. The van der Waals surface area contributed by atoms with E-state index in [2.05, 4.69) is 16.1 Å². The Morgan fingerprint density at radius 2 is 1.80 bits per heavy atom. The van der Waals surface area contributed by atoms with E-state index in [1.54, 1.807) is 34.1 Å². The van der Waals surface area contributed by atoms with Gasteiger partial charge < -0.3 is 9.32 Å². The first-order valence-corrected chi connectivity index (χ1v) is 13.0. The predicted molar refractivity (Wildman–Crippen MR) is 135 cm³/mol. The van der Waals surface area contributed by atoms with Crippen molar-refractivity contribution in [3.63, 3.8) is 0 Å². The maximum absolute atomic E-state index is 13.6. The van der Waals surface area contributed by atoms with Crippen LogP contribution in [0, 0.1) is 13.8 Å². The smallest absolute Gasteiger partial charge is 0.413 e. The minimum absolute atomic E-state index is 0.0350. The first-order valence-electron chi connectivity index (χ1n) is 11.1. The first kappa shape index (κ1) is 26.5. The standard InChI is InChI=1S/C25H29F3N4O2S/c1-6-31(13-14-35(4)5)24(33)32(21-12-7-17(2)15-18(21)3)16-19-8-10-20(11-9-19)22-29-30-23(34-22)25(26,27)28/h7-12,15H,4,6,13-14,16H2,1-3,5H3. The quantitative estimate of drug-likeness (QED) is 0.344. The number of anilines is 1. The van der Waals surface area contributed by atoms with Gasteiger partial charge in [-0.3, -0.25) is 4.90 Å². The molecule has 2 amide bonds. The Balaban J connectivity index is 1.89. The number of urea groups is 1. The number of nitrogens with zero attached hydrogens (tertiary/aromatic N) is 4. The average Bonchev–Trinajstić information content (AvgIpc) is 3.29. The third kappa shape index (κ3) is 6.72. The van der Waals surface area contributed by atoms with Gasteiger partial charge in [-0.1, -0.05) is 35.7 Å². The summed E-state index contributed by atoms with van der Waals surface area (Å²) >= 11 is 0. The molecule has 1 heterocycles. The van der Waals surface area contributed by atoms with E-state index >= 15 is 0 Å². The number of alkyl halides is 3. The number of carbonyl (C=O) groups excluding carboxylic acids is 1. The minimum Gasteiger partial charge on any atom is -0.413 e. The van der Waals surface area contributed by atoms with Crippen LogP contribution in [-0.2, 0) is 12.7 Å². The lowest BCUT2D eigenvalue weighted by Crippen LogP contribution is -2.44. The number of benzene rings is 2. The second-order valence-electron chi connectivity index (χ2n) is 8.33. The summed E-state index contributed by atoms with van der Waals surface area (Å²) in [7, 11) is -0.0350. The summed E-state index contributed by atoms with van der Waals surface area (Å²) in [6.07, 6.45) is -2.65. The van der Waals surface area contributed by atoms with Crippen LogP contribution in [0.15, 0.2) is 46.9 Å². The zero-order chi connectivity index (χ0) is 25.8. The van der Waals surface area contributed by atoms with E-state index in [4.69, 9.17) is 4.42 Å². The zero-order valence-electron chi connectivity index (χ0n) is 20.2. The van der Waals surface area contributed by atoms with Crippen LogP contribution in [0.3, 0.4) is 0 Å². The van der Waals surface area contributed by atoms with Crippen LogP contribution in [0.5, 0.6) is 0 Å². The molecule has 6 nitrogen and oxygen atoms in total. The minimum atomic E-state index is -4.70. The van der Waals surface area contributed by atoms with Crippen molar-refractivity contribution < 1.29 is 22.4 Å². The summed E-state index contributed by atoms with van der Waals surface area (Å²) in [6.45, 7) is 7.38. The van der Waals surface area contributed by atoms with Crippen LogP contribution >= 0.6 is 10.5 Å².